The number of hydrogen-bond acceptors (Lipinski definition) is 7. The van der Waals surface area contributed by atoms with Gasteiger partial charge in [0.15, 0.2) is 11.5 Å². The Kier molecular flexibility index (Phi) is 6.61. The first-order chi connectivity index (χ1) is 14.0. The standard InChI is InChI=1S/C20H19FN4O3S/c1-13-19(26)25(20(29-3)24-23-13)22-11-14-8-9-17(18(10-14)27-2)28-12-15-6-4-5-7-16(15)21/h4-11H,12H2,1-3H3/b22-11-. The number of aromatic nitrogens is 3. The van der Waals surface area contributed by atoms with Crippen LogP contribution in [0.5, 0.6) is 11.5 Å². The van der Waals surface area contributed by atoms with E-state index in [1.165, 1.54) is 35.8 Å². The van der Waals surface area contributed by atoms with Crippen molar-refractivity contribution >= 4 is 18.0 Å². The number of methoxy groups -OCH3 is 1. The van der Waals surface area contributed by atoms with Gasteiger partial charge in [-0.15, -0.1) is 10.2 Å². The second kappa shape index (κ2) is 9.33. The molecule has 0 spiro atoms. The molecule has 3 aromatic rings. The van der Waals surface area contributed by atoms with Gasteiger partial charge in [-0.1, -0.05) is 30.0 Å². The maximum absolute atomic E-state index is 13.8. The maximum atomic E-state index is 13.8. The molecule has 0 bridgehead atoms. The largest absolute Gasteiger partial charge is 0.493 e. The molecular formula is C20H19FN4O3S. The summed E-state index contributed by atoms with van der Waals surface area (Å²) in [6.45, 7) is 1.65. The molecule has 150 valence electrons. The van der Waals surface area contributed by atoms with Crippen LogP contribution in [0.15, 0.2) is 57.5 Å². The average Bonchev–Trinajstić information content (AvgIpc) is 2.74. The number of nitrogens with zero attached hydrogens (tertiary/aromatic N) is 4. The van der Waals surface area contributed by atoms with Crippen LogP contribution in [0.4, 0.5) is 4.39 Å². The Balaban J connectivity index is 1.82. The summed E-state index contributed by atoms with van der Waals surface area (Å²) >= 11 is 1.27. The van der Waals surface area contributed by atoms with Crippen LogP contribution < -0.4 is 15.0 Å². The van der Waals surface area contributed by atoms with Gasteiger partial charge in [0, 0.05) is 5.56 Å². The minimum atomic E-state index is -0.336. The lowest BCUT2D eigenvalue weighted by atomic mass is 10.2. The van der Waals surface area contributed by atoms with Crippen molar-refractivity contribution in [3.8, 4) is 11.5 Å². The van der Waals surface area contributed by atoms with E-state index < -0.39 is 0 Å². The summed E-state index contributed by atoms with van der Waals surface area (Å²) < 4.78 is 26.0. The molecule has 0 saturated heterocycles. The number of rotatable bonds is 7. The maximum Gasteiger partial charge on any atom is 0.296 e. The average molecular weight is 414 g/mol. The highest BCUT2D eigenvalue weighted by atomic mass is 32.2. The molecule has 3 rings (SSSR count). The minimum absolute atomic E-state index is 0.0743. The van der Waals surface area contributed by atoms with Crippen molar-refractivity contribution in [2.45, 2.75) is 18.7 Å². The van der Waals surface area contributed by atoms with Crippen molar-refractivity contribution < 1.29 is 13.9 Å². The monoisotopic (exact) mass is 414 g/mol. The van der Waals surface area contributed by atoms with Crippen LogP contribution in [0.3, 0.4) is 0 Å². The summed E-state index contributed by atoms with van der Waals surface area (Å²) in [5.74, 6) is 0.606. The van der Waals surface area contributed by atoms with Gasteiger partial charge in [0.1, 0.15) is 18.1 Å². The molecule has 0 unspecified atom stereocenters. The first-order valence-electron chi connectivity index (χ1n) is 8.62. The molecular weight excluding hydrogens is 395 g/mol. The van der Waals surface area contributed by atoms with Crippen molar-refractivity contribution in [3.05, 3.63) is 75.5 Å². The highest BCUT2D eigenvalue weighted by Gasteiger charge is 2.09. The predicted octanol–water partition coefficient (Wildman–Crippen LogP) is 3.28. The summed E-state index contributed by atoms with van der Waals surface area (Å²) in [5.41, 5.74) is 1.06. The van der Waals surface area contributed by atoms with E-state index in [1.807, 2.05) is 0 Å². The lowest BCUT2D eigenvalue weighted by Crippen LogP contribution is -2.23. The Morgan fingerprint density at radius 1 is 1.21 bits per heavy atom. The zero-order valence-electron chi connectivity index (χ0n) is 16.1. The lowest BCUT2D eigenvalue weighted by molar-refractivity contribution is 0.279. The van der Waals surface area contributed by atoms with Crippen LogP contribution in [-0.2, 0) is 6.61 Å². The molecule has 0 amide bonds. The predicted molar refractivity (Wildman–Crippen MR) is 110 cm³/mol. The SMILES string of the molecule is COc1cc(/C=N\n2c(SC)nnc(C)c2=O)ccc1OCc1ccccc1F. The number of thioether (sulfide) groups is 1. The molecule has 0 aliphatic rings. The summed E-state index contributed by atoms with van der Waals surface area (Å²) in [6.07, 6.45) is 3.31. The van der Waals surface area contributed by atoms with Gasteiger partial charge in [-0.3, -0.25) is 4.79 Å². The van der Waals surface area contributed by atoms with E-state index in [-0.39, 0.29) is 23.7 Å². The van der Waals surface area contributed by atoms with Gasteiger partial charge in [0.05, 0.1) is 13.3 Å². The van der Waals surface area contributed by atoms with E-state index >= 15 is 0 Å². The van der Waals surface area contributed by atoms with Crippen LogP contribution in [0.2, 0.25) is 0 Å². The molecule has 0 aliphatic heterocycles. The van der Waals surface area contributed by atoms with Crippen LogP contribution in [-0.4, -0.2) is 34.5 Å². The topological polar surface area (TPSA) is 78.6 Å². The van der Waals surface area contributed by atoms with Crippen LogP contribution in [0.25, 0.3) is 0 Å². The van der Waals surface area contributed by atoms with Crippen molar-refractivity contribution in [2.24, 2.45) is 5.10 Å². The Bertz CT molecular complexity index is 1100. The summed E-state index contributed by atoms with van der Waals surface area (Å²) in [7, 11) is 1.51. The molecule has 29 heavy (non-hydrogen) atoms. The van der Waals surface area contributed by atoms with Crippen molar-refractivity contribution in [3.63, 3.8) is 0 Å². The fourth-order valence-electron chi connectivity index (χ4n) is 2.45. The van der Waals surface area contributed by atoms with Crippen molar-refractivity contribution in [1.29, 1.82) is 0 Å². The van der Waals surface area contributed by atoms with Gasteiger partial charge in [0.2, 0.25) is 5.16 Å². The molecule has 0 fully saturated rings. The molecule has 2 aromatic carbocycles. The quantitative estimate of drug-likeness (QED) is 0.436. The number of ether oxygens (including phenoxy) is 2. The fourth-order valence-corrected chi connectivity index (χ4v) is 2.88. The molecule has 1 heterocycles. The summed E-state index contributed by atoms with van der Waals surface area (Å²) in [5, 5.41) is 12.4. The third-order valence-electron chi connectivity index (χ3n) is 4.00. The number of aryl methyl sites for hydroxylation is 1. The van der Waals surface area contributed by atoms with Gasteiger partial charge in [0.25, 0.3) is 5.56 Å². The third-order valence-corrected chi connectivity index (χ3v) is 4.62. The van der Waals surface area contributed by atoms with Gasteiger partial charge in [-0.05, 0) is 43.0 Å². The molecule has 0 N–H and O–H groups in total. The Morgan fingerprint density at radius 3 is 2.72 bits per heavy atom. The fraction of sp³-hybridized carbons (Fsp3) is 0.200. The molecule has 7 nitrogen and oxygen atoms in total. The molecule has 0 saturated carbocycles. The van der Waals surface area contributed by atoms with E-state index in [2.05, 4.69) is 15.3 Å². The van der Waals surface area contributed by atoms with Gasteiger partial charge >= 0.3 is 0 Å². The van der Waals surface area contributed by atoms with Gasteiger partial charge in [-0.25, -0.2) is 4.39 Å². The van der Waals surface area contributed by atoms with E-state index in [0.717, 1.165) is 0 Å². The van der Waals surface area contributed by atoms with Crippen LogP contribution >= 0.6 is 11.8 Å². The number of benzene rings is 2. The Labute approximate surface area is 171 Å². The molecule has 0 radical (unpaired) electrons. The van der Waals surface area contributed by atoms with Crippen LogP contribution in [0, 0.1) is 12.7 Å². The number of halogens is 1. The van der Waals surface area contributed by atoms with Gasteiger partial charge in [-0.2, -0.15) is 9.78 Å². The molecule has 1 aromatic heterocycles. The minimum Gasteiger partial charge on any atom is -0.493 e. The first kappa shape index (κ1) is 20.5. The van der Waals surface area contributed by atoms with Crippen molar-refractivity contribution in [1.82, 2.24) is 14.9 Å². The second-order valence-electron chi connectivity index (χ2n) is 5.92. The summed E-state index contributed by atoms with van der Waals surface area (Å²) in [6, 6.07) is 11.6. The highest BCUT2D eigenvalue weighted by molar-refractivity contribution is 7.98. The zero-order valence-corrected chi connectivity index (χ0v) is 16.9. The first-order valence-corrected chi connectivity index (χ1v) is 9.85. The molecule has 9 heteroatoms. The van der Waals surface area contributed by atoms with Crippen LogP contribution in [0.1, 0.15) is 16.8 Å². The van der Waals surface area contributed by atoms with Gasteiger partial charge < -0.3 is 9.47 Å². The zero-order chi connectivity index (χ0) is 20.8. The third kappa shape index (κ3) is 4.80. The molecule has 0 aliphatic carbocycles. The smallest absolute Gasteiger partial charge is 0.296 e. The van der Waals surface area contributed by atoms with E-state index in [4.69, 9.17) is 9.47 Å². The van der Waals surface area contributed by atoms with E-state index in [9.17, 15) is 9.18 Å². The van der Waals surface area contributed by atoms with E-state index in [1.54, 1.807) is 49.6 Å². The summed E-state index contributed by atoms with van der Waals surface area (Å²) in [4.78, 5) is 12.3. The van der Waals surface area contributed by atoms with Crippen molar-refractivity contribution in [2.75, 3.05) is 13.4 Å². The normalized spacial score (nSPS) is 11.0. The van der Waals surface area contributed by atoms with E-state index in [0.29, 0.717) is 27.8 Å². The second-order valence-corrected chi connectivity index (χ2v) is 6.70. The Hall–Kier alpha value is -3.20. The number of hydrogen-bond donors (Lipinski definition) is 0. The Morgan fingerprint density at radius 2 is 2.00 bits per heavy atom. The lowest BCUT2D eigenvalue weighted by Gasteiger charge is -2.12. The molecule has 0 atom stereocenters. The highest BCUT2D eigenvalue weighted by Crippen LogP contribution is 2.28.